The summed E-state index contributed by atoms with van der Waals surface area (Å²) in [6.07, 6.45) is -0.299. The van der Waals surface area contributed by atoms with E-state index < -0.39 is 24.5 Å². The number of aliphatic hydroxyl groups is 3. The molecule has 0 amide bonds. The fourth-order valence-electron chi connectivity index (χ4n) is 0.674. The summed E-state index contributed by atoms with van der Waals surface area (Å²) in [4.78, 5) is 10.5. The third-order valence-corrected chi connectivity index (χ3v) is 1.05. The van der Waals surface area contributed by atoms with Gasteiger partial charge in [-0.15, -0.1) is 0 Å². The van der Waals surface area contributed by atoms with Crippen molar-refractivity contribution in [1.82, 2.24) is 0 Å². The fraction of sp³-hybridized carbons (Fsp3) is 0.571. The summed E-state index contributed by atoms with van der Waals surface area (Å²) in [7, 11) is 0. The molecule has 0 aliphatic heterocycles. The van der Waals surface area contributed by atoms with E-state index in [0.29, 0.717) is 0 Å². The maximum atomic E-state index is 10.5. The molecule has 5 heteroatoms. The summed E-state index contributed by atoms with van der Waals surface area (Å²) in [5, 5.41) is 25.4. The van der Waals surface area contributed by atoms with Gasteiger partial charge in [0.2, 0.25) is 0 Å². The van der Waals surface area contributed by atoms with Gasteiger partial charge in [-0.05, 0) is 6.92 Å². The monoisotopic (exact) mass is 176 g/mol. The van der Waals surface area contributed by atoms with Crippen LogP contribution in [0.25, 0.3) is 0 Å². The summed E-state index contributed by atoms with van der Waals surface area (Å²) >= 11 is 0. The van der Waals surface area contributed by atoms with Gasteiger partial charge in [-0.2, -0.15) is 0 Å². The van der Waals surface area contributed by atoms with E-state index in [1.165, 1.54) is 6.92 Å². The SMILES string of the molecule is C=CC(=O)OC(C)CC(O)(O)O. The molecule has 70 valence electrons. The zero-order chi connectivity index (χ0) is 9.78. The van der Waals surface area contributed by atoms with Crippen LogP contribution in [0.15, 0.2) is 12.7 Å². The second-order valence-corrected chi connectivity index (χ2v) is 2.43. The highest BCUT2D eigenvalue weighted by Crippen LogP contribution is 2.07. The number of rotatable bonds is 4. The van der Waals surface area contributed by atoms with Gasteiger partial charge in [0.1, 0.15) is 6.10 Å². The molecule has 0 spiro atoms. The Bertz CT molecular complexity index is 169. The van der Waals surface area contributed by atoms with Crippen LogP contribution in [-0.2, 0) is 9.53 Å². The molecule has 12 heavy (non-hydrogen) atoms. The Morgan fingerprint density at radius 1 is 1.67 bits per heavy atom. The normalized spacial score (nSPS) is 13.7. The van der Waals surface area contributed by atoms with Crippen LogP contribution in [0, 0.1) is 0 Å². The largest absolute Gasteiger partial charge is 0.459 e. The standard InChI is InChI=1S/C7H12O5/c1-3-6(8)12-5(2)4-7(9,10)11/h3,5,9-11H,1,4H2,2H3. The zero-order valence-corrected chi connectivity index (χ0v) is 6.73. The van der Waals surface area contributed by atoms with Gasteiger partial charge >= 0.3 is 5.97 Å². The number of hydrogen-bond donors (Lipinski definition) is 3. The smallest absolute Gasteiger partial charge is 0.330 e. The molecule has 0 radical (unpaired) electrons. The lowest BCUT2D eigenvalue weighted by molar-refractivity contribution is -0.321. The predicted molar refractivity (Wildman–Crippen MR) is 39.8 cm³/mol. The number of carbonyl (C=O) groups excluding carboxylic acids is 1. The lowest BCUT2D eigenvalue weighted by Crippen LogP contribution is -2.33. The van der Waals surface area contributed by atoms with Crippen molar-refractivity contribution in [2.45, 2.75) is 25.4 Å². The second-order valence-electron chi connectivity index (χ2n) is 2.43. The molecule has 1 atom stereocenters. The minimum absolute atomic E-state index is 0.466. The molecule has 0 heterocycles. The van der Waals surface area contributed by atoms with Crippen molar-refractivity contribution >= 4 is 5.97 Å². The van der Waals surface area contributed by atoms with Gasteiger partial charge in [0.25, 0.3) is 5.97 Å². The molecule has 0 aromatic rings. The van der Waals surface area contributed by atoms with Gasteiger partial charge in [-0.25, -0.2) is 4.79 Å². The van der Waals surface area contributed by atoms with Gasteiger partial charge in [0.15, 0.2) is 0 Å². The Kier molecular flexibility index (Phi) is 3.88. The molecule has 0 aromatic carbocycles. The number of carbonyl (C=O) groups is 1. The van der Waals surface area contributed by atoms with Crippen LogP contribution in [-0.4, -0.2) is 33.4 Å². The number of ether oxygens (including phenoxy) is 1. The van der Waals surface area contributed by atoms with Crippen LogP contribution >= 0.6 is 0 Å². The quantitative estimate of drug-likeness (QED) is 0.294. The van der Waals surface area contributed by atoms with Crippen molar-refractivity contribution in [2.24, 2.45) is 0 Å². The average molecular weight is 176 g/mol. The summed E-state index contributed by atoms with van der Waals surface area (Å²) in [5.41, 5.74) is 0. The Balaban J connectivity index is 3.82. The van der Waals surface area contributed by atoms with E-state index in [1.54, 1.807) is 0 Å². The van der Waals surface area contributed by atoms with Crippen molar-refractivity contribution in [1.29, 1.82) is 0 Å². The molecule has 5 nitrogen and oxygen atoms in total. The molecular formula is C7H12O5. The average Bonchev–Trinajstić information content (AvgIpc) is 1.82. The molecule has 0 fully saturated rings. The topological polar surface area (TPSA) is 87.0 Å². The van der Waals surface area contributed by atoms with E-state index in [1.807, 2.05) is 0 Å². The van der Waals surface area contributed by atoms with E-state index >= 15 is 0 Å². The van der Waals surface area contributed by atoms with E-state index in [2.05, 4.69) is 11.3 Å². The minimum Gasteiger partial charge on any atom is -0.459 e. The fourth-order valence-corrected chi connectivity index (χ4v) is 0.674. The first-order valence-corrected chi connectivity index (χ1v) is 3.35. The van der Waals surface area contributed by atoms with Gasteiger partial charge < -0.3 is 20.1 Å². The van der Waals surface area contributed by atoms with E-state index in [0.717, 1.165) is 6.08 Å². The lowest BCUT2D eigenvalue weighted by Gasteiger charge is -2.18. The predicted octanol–water partition coefficient (Wildman–Crippen LogP) is -0.875. The number of hydrogen-bond acceptors (Lipinski definition) is 5. The van der Waals surface area contributed by atoms with Crippen molar-refractivity contribution in [3.63, 3.8) is 0 Å². The molecular weight excluding hydrogens is 164 g/mol. The second kappa shape index (κ2) is 4.20. The van der Waals surface area contributed by atoms with E-state index in [9.17, 15) is 4.79 Å². The molecule has 0 aliphatic carbocycles. The van der Waals surface area contributed by atoms with Gasteiger partial charge in [-0.3, -0.25) is 0 Å². The van der Waals surface area contributed by atoms with Crippen LogP contribution < -0.4 is 0 Å². The van der Waals surface area contributed by atoms with Crippen molar-refractivity contribution in [3.8, 4) is 0 Å². The van der Waals surface area contributed by atoms with Crippen LogP contribution in [0.5, 0.6) is 0 Å². The third-order valence-electron chi connectivity index (χ3n) is 1.05. The van der Waals surface area contributed by atoms with Crippen LogP contribution in [0.1, 0.15) is 13.3 Å². The Hall–Kier alpha value is -0.910. The highest BCUT2D eigenvalue weighted by atomic mass is 16.7. The van der Waals surface area contributed by atoms with Gasteiger partial charge in [0, 0.05) is 6.08 Å². The first-order chi connectivity index (χ1) is 5.35. The maximum Gasteiger partial charge on any atom is 0.330 e. The van der Waals surface area contributed by atoms with Crippen molar-refractivity contribution in [3.05, 3.63) is 12.7 Å². The molecule has 0 aromatic heterocycles. The van der Waals surface area contributed by atoms with Gasteiger partial charge in [-0.1, -0.05) is 6.58 Å². The summed E-state index contributed by atoms with van der Waals surface area (Å²) in [5.74, 6) is -3.48. The Morgan fingerprint density at radius 3 is 2.50 bits per heavy atom. The minimum atomic E-state index is -2.80. The molecule has 1 unspecified atom stereocenters. The van der Waals surface area contributed by atoms with E-state index in [4.69, 9.17) is 15.3 Å². The maximum absolute atomic E-state index is 10.5. The molecule has 0 saturated heterocycles. The third kappa shape index (κ3) is 5.84. The van der Waals surface area contributed by atoms with Gasteiger partial charge in [0.05, 0.1) is 6.42 Å². The van der Waals surface area contributed by atoms with Crippen LogP contribution in [0.3, 0.4) is 0 Å². The summed E-state index contributed by atoms with van der Waals surface area (Å²) in [6, 6.07) is 0. The first kappa shape index (κ1) is 11.1. The summed E-state index contributed by atoms with van der Waals surface area (Å²) in [6.45, 7) is 4.56. The zero-order valence-electron chi connectivity index (χ0n) is 6.73. The molecule has 3 N–H and O–H groups in total. The lowest BCUT2D eigenvalue weighted by atomic mass is 10.2. The first-order valence-electron chi connectivity index (χ1n) is 3.35. The number of esters is 1. The van der Waals surface area contributed by atoms with E-state index in [-0.39, 0.29) is 0 Å². The molecule has 0 rings (SSSR count). The molecule has 0 aliphatic rings. The Morgan fingerprint density at radius 2 is 2.17 bits per heavy atom. The highest BCUT2D eigenvalue weighted by Gasteiger charge is 2.23. The summed E-state index contributed by atoms with van der Waals surface area (Å²) < 4.78 is 4.54. The van der Waals surface area contributed by atoms with Crippen LogP contribution in [0.4, 0.5) is 0 Å². The molecule has 0 bridgehead atoms. The Labute approximate surface area is 69.9 Å². The van der Waals surface area contributed by atoms with Crippen molar-refractivity contribution in [2.75, 3.05) is 0 Å². The highest BCUT2D eigenvalue weighted by molar-refractivity contribution is 5.81. The molecule has 0 saturated carbocycles. The van der Waals surface area contributed by atoms with Crippen LogP contribution in [0.2, 0.25) is 0 Å². The van der Waals surface area contributed by atoms with Crippen molar-refractivity contribution < 1.29 is 24.9 Å².